The fourth-order valence-corrected chi connectivity index (χ4v) is 3.53. The van der Waals surface area contributed by atoms with Gasteiger partial charge in [-0.15, -0.1) is 0 Å². The van der Waals surface area contributed by atoms with Crippen LogP contribution >= 0.6 is 0 Å². The molecule has 0 bridgehead atoms. The molecule has 0 spiro atoms. The number of likely N-dealkylation sites (tertiary alicyclic amines) is 1. The number of carbonyl (C=O) groups is 1. The molecule has 1 amide bonds. The van der Waals surface area contributed by atoms with Gasteiger partial charge in [-0.25, -0.2) is 4.98 Å². The zero-order valence-corrected chi connectivity index (χ0v) is 14.5. The smallest absolute Gasteiger partial charge is 0.222 e. The second kappa shape index (κ2) is 5.87. The van der Waals surface area contributed by atoms with Gasteiger partial charge in [0, 0.05) is 51.4 Å². The van der Waals surface area contributed by atoms with E-state index in [1.807, 2.05) is 32.0 Å². The molecule has 0 unspecified atom stereocenters. The second-order valence-electron chi connectivity index (χ2n) is 6.98. The minimum Gasteiger partial charge on any atom is -0.361 e. The van der Waals surface area contributed by atoms with Gasteiger partial charge in [0.2, 0.25) is 5.91 Å². The monoisotopic (exact) mass is 314 g/mol. The van der Waals surface area contributed by atoms with E-state index < -0.39 is 0 Å². The van der Waals surface area contributed by atoms with Crippen molar-refractivity contribution in [2.24, 2.45) is 0 Å². The molecule has 0 saturated carbocycles. The standard InChI is InChI=1S/C18H26N4O/c1-5-16(23)22-11-7-9-18(2,13-22)15-12-21-10-6-8-14(21)17(19-15)20(3)4/h6,8,10,12H,5,7,9,11,13H2,1-4H3/t18-/m1/s1. The van der Waals surface area contributed by atoms with Crippen LogP contribution in [0.2, 0.25) is 0 Å². The number of fused-ring (bicyclic) bond motifs is 1. The highest BCUT2D eigenvalue weighted by Crippen LogP contribution is 2.34. The average Bonchev–Trinajstić information content (AvgIpc) is 3.01. The predicted molar refractivity (Wildman–Crippen MR) is 93.0 cm³/mol. The van der Waals surface area contributed by atoms with Crippen LogP contribution in [0.4, 0.5) is 5.82 Å². The molecule has 5 nitrogen and oxygen atoms in total. The van der Waals surface area contributed by atoms with Crippen LogP contribution in [0.25, 0.3) is 5.52 Å². The zero-order valence-electron chi connectivity index (χ0n) is 14.5. The number of rotatable bonds is 3. The van der Waals surface area contributed by atoms with Crippen LogP contribution in [-0.2, 0) is 10.2 Å². The van der Waals surface area contributed by atoms with Crippen LogP contribution in [-0.4, -0.2) is 47.4 Å². The van der Waals surface area contributed by atoms with Gasteiger partial charge in [-0.3, -0.25) is 4.79 Å². The molecule has 1 aliphatic heterocycles. The summed E-state index contributed by atoms with van der Waals surface area (Å²) in [7, 11) is 4.05. The number of anilines is 1. The summed E-state index contributed by atoms with van der Waals surface area (Å²) in [6.45, 7) is 5.79. The molecule has 1 fully saturated rings. The molecule has 23 heavy (non-hydrogen) atoms. The van der Waals surface area contributed by atoms with E-state index in [0.717, 1.165) is 43.0 Å². The lowest BCUT2D eigenvalue weighted by molar-refractivity contribution is -0.133. The second-order valence-corrected chi connectivity index (χ2v) is 6.98. The lowest BCUT2D eigenvalue weighted by atomic mass is 9.79. The Kier molecular flexibility index (Phi) is 4.04. The Morgan fingerprint density at radius 2 is 2.22 bits per heavy atom. The normalized spacial score (nSPS) is 21.7. The van der Waals surface area contributed by atoms with E-state index in [-0.39, 0.29) is 11.3 Å². The summed E-state index contributed by atoms with van der Waals surface area (Å²) in [5, 5.41) is 0. The van der Waals surface area contributed by atoms with Gasteiger partial charge >= 0.3 is 0 Å². The first kappa shape index (κ1) is 15.8. The van der Waals surface area contributed by atoms with Gasteiger partial charge in [-0.1, -0.05) is 13.8 Å². The first-order valence-corrected chi connectivity index (χ1v) is 8.38. The van der Waals surface area contributed by atoms with Crippen LogP contribution in [0.3, 0.4) is 0 Å². The van der Waals surface area contributed by atoms with E-state index in [2.05, 4.69) is 34.7 Å². The van der Waals surface area contributed by atoms with E-state index in [1.54, 1.807) is 0 Å². The van der Waals surface area contributed by atoms with Crippen molar-refractivity contribution in [1.82, 2.24) is 14.3 Å². The molecule has 3 rings (SSSR count). The zero-order chi connectivity index (χ0) is 16.6. The molecule has 0 radical (unpaired) electrons. The third kappa shape index (κ3) is 2.80. The van der Waals surface area contributed by atoms with E-state index >= 15 is 0 Å². The highest BCUT2D eigenvalue weighted by Gasteiger charge is 2.36. The van der Waals surface area contributed by atoms with Crippen molar-refractivity contribution in [3.8, 4) is 0 Å². The van der Waals surface area contributed by atoms with E-state index in [9.17, 15) is 4.79 Å². The molecule has 1 saturated heterocycles. The lowest BCUT2D eigenvalue weighted by Gasteiger charge is -2.40. The molecule has 0 N–H and O–H groups in total. The fraction of sp³-hybridized carbons (Fsp3) is 0.556. The van der Waals surface area contributed by atoms with Crippen molar-refractivity contribution in [1.29, 1.82) is 0 Å². The highest BCUT2D eigenvalue weighted by atomic mass is 16.2. The molecular weight excluding hydrogens is 288 g/mol. The molecule has 1 atom stereocenters. The maximum Gasteiger partial charge on any atom is 0.222 e. The predicted octanol–water partition coefficient (Wildman–Crippen LogP) is 2.69. The molecule has 1 aliphatic rings. The van der Waals surface area contributed by atoms with Crippen molar-refractivity contribution in [3.05, 3.63) is 30.2 Å². The summed E-state index contributed by atoms with van der Waals surface area (Å²) in [6.07, 6.45) is 6.86. The Bertz CT molecular complexity index is 721. The maximum absolute atomic E-state index is 12.1. The number of hydrogen-bond acceptors (Lipinski definition) is 3. The van der Waals surface area contributed by atoms with Gasteiger partial charge in [0.1, 0.15) is 0 Å². The lowest BCUT2D eigenvalue weighted by Crippen LogP contribution is -2.47. The van der Waals surface area contributed by atoms with Crippen molar-refractivity contribution < 1.29 is 4.79 Å². The van der Waals surface area contributed by atoms with Gasteiger partial charge < -0.3 is 14.2 Å². The van der Waals surface area contributed by atoms with Crippen molar-refractivity contribution in [2.75, 3.05) is 32.1 Å². The molecule has 124 valence electrons. The molecular formula is C18H26N4O. The first-order valence-electron chi connectivity index (χ1n) is 8.38. The van der Waals surface area contributed by atoms with Gasteiger partial charge in [0.25, 0.3) is 0 Å². The Balaban J connectivity index is 2.02. The number of amides is 1. The van der Waals surface area contributed by atoms with Crippen LogP contribution in [0.15, 0.2) is 24.5 Å². The summed E-state index contributed by atoms with van der Waals surface area (Å²) < 4.78 is 2.14. The van der Waals surface area contributed by atoms with E-state index in [0.29, 0.717) is 6.42 Å². The quantitative estimate of drug-likeness (QED) is 0.874. The first-order chi connectivity index (χ1) is 10.9. The van der Waals surface area contributed by atoms with E-state index in [4.69, 9.17) is 4.98 Å². The Morgan fingerprint density at radius 3 is 2.91 bits per heavy atom. The number of hydrogen-bond donors (Lipinski definition) is 0. The van der Waals surface area contributed by atoms with Gasteiger partial charge in [0.15, 0.2) is 5.82 Å². The fourth-order valence-electron chi connectivity index (χ4n) is 3.53. The van der Waals surface area contributed by atoms with Gasteiger partial charge in [-0.2, -0.15) is 0 Å². The Labute approximate surface area is 137 Å². The third-order valence-corrected chi connectivity index (χ3v) is 4.89. The minimum atomic E-state index is -0.0910. The molecule has 0 aliphatic carbocycles. The number of aromatic nitrogens is 2. The maximum atomic E-state index is 12.1. The van der Waals surface area contributed by atoms with Crippen LogP contribution in [0.1, 0.15) is 38.8 Å². The Hall–Kier alpha value is -2.04. The van der Waals surface area contributed by atoms with Crippen molar-refractivity contribution >= 4 is 17.2 Å². The van der Waals surface area contributed by atoms with Crippen molar-refractivity contribution in [3.63, 3.8) is 0 Å². The third-order valence-electron chi connectivity index (χ3n) is 4.89. The molecule has 3 heterocycles. The summed E-state index contributed by atoms with van der Waals surface area (Å²) in [6, 6.07) is 4.13. The molecule has 0 aromatic carbocycles. The van der Waals surface area contributed by atoms with Crippen LogP contribution in [0.5, 0.6) is 0 Å². The topological polar surface area (TPSA) is 40.9 Å². The van der Waals surface area contributed by atoms with Crippen LogP contribution in [0, 0.1) is 0 Å². The molecule has 5 heteroatoms. The van der Waals surface area contributed by atoms with Crippen LogP contribution < -0.4 is 4.90 Å². The summed E-state index contributed by atoms with van der Waals surface area (Å²) in [5.41, 5.74) is 2.09. The largest absolute Gasteiger partial charge is 0.361 e. The Morgan fingerprint density at radius 1 is 1.43 bits per heavy atom. The van der Waals surface area contributed by atoms with Crippen molar-refractivity contribution in [2.45, 2.75) is 38.5 Å². The minimum absolute atomic E-state index is 0.0910. The number of nitrogens with zero attached hydrogens (tertiary/aromatic N) is 4. The number of piperidine rings is 1. The van der Waals surface area contributed by atoms with E-state index in [1.165, 1.54) is 0 Å². The molecule has 2 aromatic heterocycles. The highest BCUT2D eigenvalue weighted by molar-refractivity contribution is 5.76. The SMILES string of the molecule is CCC(=O)N1CCC[C@@](C)(c2cn3cccc3c(N(C)C)n2)C1. The van der Waals surface area contributed by atoms with Gasteiger partial charge in [-0.05, 0) is 25.0 Å². The summed E-state index contributed by atoms with van der Waals surface area (Å²) in [4.78, 5) is 21.1. The van der Waals surface area contributed by atoms with Gasteiger partial charge in [0.05, 0.1) is 11.2 Å². The average molecular weight is 314 g/mol. The number of carbonyl (C=O) groups excluding carboxylic acids is 1. The summed E-state index contributed by atoms with van der Waals surface area (Å²) >= 11 is 0. The molecule has 2 aromatic rings. The summed E-state index contributed by atoms with van der Waals surface area (Å²) in [5.74, 6) is 1.22.